The number of hydrogen-bond acceptors (Lipinski definition) is 4. The highest BCUT2D eigenvalue weighted by Gasteiger charge is 2.38. The average molecular weight is 400 g/mol. The molecule has 1 aliphatic heterocycles. The van der Waals surface area contributed by atoms with E-state index in [9.17, 15) is 14.4 Å². The van der Waals surface area contributed by atoms with Crippen LogP contribution in [0.3, 0.4) is 0 Å². The van der Waals surface area contributed by atoms with E-state index in [-0.39, 0.29) is 5.57 Å². The van der Waals surface area contributed by atoms with Crippen LogP contribution in [-0.2, 0) is 9.59 Å². The second-order valence-corrected chi connectivity index (χ2v) is 8.07. The van der Waals surface area contributed by atoms with Gasteiger partial charge in [-0.15, -0.1) is 11.3 Å². The predicted molar refractivity (Wildman–Crippen MR) is 114 cm³/mol. The molecule has 142 valence electrons. The van der Waals surface area contributed by atoms with Crippen molar-refractivity contribution in [2.75, 3.05) is 14.1 Å². The van der Waals surface area contributed by atoms with Gasteiger partial charge in [0, 0.05) is 39.7 Å². The molecule has 4 aromatic rings. The zero-order valence-corrected chi connectivity index (χ0v) is 16.6. The Kier molecular flexibility index (Phi) is 3.79. The monoisotopic (exact) mass is 400 g/mol. The maximum atomic E-state index is 12.8. The molecule has 0 aliphatic carbocycles. The van der Waals surface area contributed by atoms with Crippen LogP contribution < -0.4 is 5.22 Å². The summed E-state index contributed by atoms with van der Waals surface area (Å²) in [5.41, 5.74) is 1.15. The molecule has 1 aliphatic rings. The van der Waals surface area contributed by atoms with Crippen molar-refractivity contribution in [3.63, 3.8) is 0 Å². The first-order valence-corrected chi connectivity index (χ1v) is 9.94. The minimum absolute atomic E-state index is 0.0245. The molecule has 5 nitrogen and oxygen atoms in total. The van der Waals surface area contributed by atoms with Crippen LogP contribution in [0.5, 0.6) is 0 Å². The first-order valence-electron chi connectivity index (χ1n) is 9.12. The largest absolute Gasteiger partial charge is 0.333 e. The number of nitrogens with zero attached hydrogens (tertiary/aromatic N) is 2. The summed E-state index contributed by atoms with van der Waals surface area (Å²) in [6, 6.07) is 19.2. The fourth-order valence-corrected chi connectivity index (χ4v) is 5.11. The first-order chi connectivity index (χ1) is 14.0. The highest BCUT2D eigenvalue weighted by atomic mass is 32.1. The number of rotatable bonds is 1. The Labute approximate surface area is 170 Å². The lowest BCUT2D eigenvalue weighted by molar-refractivity contribution is -0.130. The third-order valence-corrected chi connectivity index (χ3v) is 6.60. The van der Waals surface area contributed by atoms with E-state index < -0.39 is 17.8 Å². The second kappa shape index (κ2) is 6.25. The van der Waals surface area contributed by atoms with Crippen molar-refractivity contribution in [2.24, 2.45) is 0 Å². The van der Waals surface area contributed by atoms with E-state index in [0.29, 0.717) is 5.22 Å². The molecule has 1 aromatic heterocycles. The number of thiophene rings is 1. The Morgan fingerprint density at radius 3 is 2.10 bits per heavy atom. The van der Waals surface area contributed by atoms with Crippen molar-refractivity contribution in [2.45, 2.75) is 0 Å². The van der Waals surface area contributed by atoms with Crippen molar-refractivity contribution in [1.82, 2.24) is 9.80 Å². The molecule has 0 spiro atoms. The SMILES string of the molecule is CN1C(=O)C(=c2ccc3c(-c4ccccc4)sc4cccc2c43)C(=O)N(C)C1=O. The summed E-state index contributed by atoms with van der Waals surface area (Å²) in [6.07, 6.45) is 0. The fourth-order valence-electron chi connectivity index (χ4n) is 3.89. The molecule has 6 heteroatoms. The van der Waals surface area contributed by atoms with E-state index in [1.807, 2.05) is 48.5 Å². The molecule has 5 rings (SSSR count). The van der Waals surface area contributed by atoms with Crippen LogP contribution in [-0.4, -0.2) is 41.7 Å². The van der Waals surface area contributed by atoms with Crippen molar-refractivity contribution in [3.05, 3.63) is 65.9 Å². The summed E-state index contributed by atoms with van der Waals surface area (Å²) in [7, 11) is 2.79. The lowest BCUT2D eigenvalue weighted by atomic mass is 9.98. The molecule has 1 saturated heterocycles. The number of carbonyl (C=O) groups excluding carboxylic acids is 3. The number of imide groups is 2. The Bertz CT molecular complexity index is 1360. The van der Waals surface area contributed by atoms with Gasteiger partial charge in [0.2, 0.25) is 0 Å². The van der Waals surface area contributed by atoms with Crippen LogP contribution in [0.2, 0.25) is 0 Å². The number of benzene rings is 3. The van der Waals surface area contributed by atoms with Crippen LogP contribution in [0.1, 0.15) is 0 Å². The van der Waals surface area contributed by atoms with E-state index in [2.05, 4.69) is 12.1 Å². The minimum Gasteiger partial charge on any atom is -0.268 e. The molecule has 0 saturated carbocycles. The van der Waals surface area contributed by atoms with Crippen molar-refractivity contribution < 1.29 is 14.4 Å². The number of urea groups is 1. The molecule has 4 amide bonds. The summed E-state index contributed by atoms with van der Waals surface area (Å²) in [6.45, 7) is 0. The molecule has 2 heterocycles. The quantitative estimate of drug-likeness (QED) is 0.490. The number of carbonyl (C=O) groups is 3. The zero-order chi connectivity index (χ0) is 20.3. The Morgan fingerprint density at radius 2 is 1.41 bits per heavy atom. The summed E-state index contributed by atoms with van der Waals surface area (Å²) in [5, 5.41) is 3.52. The molecule has 0 bridgehead atoms. The van der Waals surface area contributed by atoms with Crippen molar-refractivity contribution in [1.29, 1.82) is 0 Å². The predicted octanol–water partition coefficient (Wildman–Crippen LogP) is 3.64. The van der Waals surface area contributed by atoms with Crippen LogP contribution in [0.15, 0.2) is 60.7 Å². The van der Waals surface area contributed by atoms with Gasteiger partial charge in [0.25, 0.3) is 11.8 Å². The summed E-state index contributed by atoms with van der Waals surface area (Å²) in [4.78, 5) is 40.8. The maximum absolute atomic E-state index is 12.8. The van der Waals surface area contributed by atoms with E-state index >= 15 is 0 Å². The van der Waals surface area contributed by atoms with Gasteiger partial charge in [0.05, 0.1) is 0 Å². The maximum Gasteiger partial charge on any atom is 0.333 e. The first kappa shape index (κ1) is 17.6. The normalized spacial score (nSPS) is 15.2. The topological polar surface area (TPSA) is 57.7 Å². The van der Waals surface area contributed by atoms with Gasteiger partial charge < -0.3 is 0 Å². The molecule has 0 radical (unpaired) electrons. The summed E-state index contributed by atoms with van der Waals surface area (Å²) >= 11 is 1.69. The average Bonchev–Trinajstić information content (AvgIpc) is 3.13. The highest BCUT2D eigenvalue weighted by molar-refractivity contribution is 7.23. The van der Waals surface area contributed by atoms with E-state index in [0.717, 1.165) is 41.1 Å². The molecule has 1 fully saturated rings. The lowest BCUT2D eigenvalue weighted by Crippen LogP contribution is -2.53. The number of amides is 4. The molecule has 3 aromatic carbocycles. The molecular formula is C23H16N2O3S. The number of hydrogen-bond donors (Lipinski definition) is 0. The Morgan fingerprint density at radius 1 is 0.724 bits per heavy atom. The molecule has 29 heavy (non-hydrogen) atoms. The summed E-state index contributed by atoms with van der Waals surface area (Å²) in [5.74, 6) is -1.14. The van der Waals surface area contributed by atoms with E-state index in [1.54, 1.807) is 11.3 Å². The van der Waals surface area contributed by atoms with Gasteiger partial charge in [0.15, 0.2) is 0 Å². The van der Waals surface area contributed by atoms with Gasteiger partial charge in [-0.1, -0.05) is 54.6 Å². The van der Waals surface area contributed by atoms with E-state index in [4.69, 9.17) is 0 Å². The second-order valence-electron chi connectivity index (χ2n) is 7.02. The van der Waals surface area contributed by atoms with Crippen LogP contribution in [0, 0.1) is 0 Å². The third kappa shape index (κ3) is 2.42. The van der Waals surface area contributed by atoms with Gasteiger partial charge in [-0.25, -0.2) is 4.79 Å². The van der Waals surface area contributed by atoms with E-state index in [1.165, 1.54) is 14.1 Å². The number of barbiturate groups is 1. The zero-order valence-electron chi connectivity index (χ0n) is 15.8. The van der Waals surface area contributed by atoms with Crippen LogP contribution in [0.25, 0.3) is 36.9 Å². The standard InChI is InChI=1S/C23H16N2O3S/c1-24-21(26)19(22(27)25(2)23(24)28)15-11-12-16-18-14(15)9-6-10-17(18)29-20(16)13-7-4-3-5-8-13/h3-12H,1-2H3. The Balaban J connectivity index is 1.88. The smallest absolute Gasteiger partial charge is 0.268 e. The fraction of sp³-hybridized carbons (Fsp3) is 0.0870. The lowest BCUT2D eigenvalue weighted by Gasteiger charge is -2.29. The van der Waals surface area contributed by atoms with Gasteiger partial charge in [-0.05, 0) is 17.0 Å². The van der Waals surface area contributed by atoms with Gasteiger partial charge >= 0.3 is 6.03 Å². The van der Waals surface area contributed by atoms with Gasteiger partial charge in [-0.2, -0.15) is 0 Å². The summed E-state index contributed by atoms with van der Waals surface area (Å²) < 4.78 is 1.09. The third-order valence-electron chi connectivity index (χ3n) is 5.38. The van der Waals surface area contributed by atoms with Crippen LogP contribution in [0.4, 0.5) is 4.79 Å². The van der Waals surface area contributed by atoms with Gasteiger partial charge in [0.1, 0.15) is 5.57 Å². The molecule has 0 atom stereocenters. The minimum atomic E-state index is -0.620. The Hall–Kier alpha value is -3.51. The van der Waals surface area contributed by atoms with Crippen molar-refractivity contribution in [3.8, 4) is 10.4 Å². The molecular weight excluding hydrogens is 384 g/mol. The molecule has 0 unspecified atom stereocenters. The molecule has 0 N–H and O–H groups in total. The highest BCUT2D eigenvalue weighted by Crippen LogP contribution is 2.41. The van der Waals surface area contributed by atoms with Crippen LogP contribution >= 0.6 is 11.3 Å². The van der Waals surface area contributed by atoms with Crippen molar-refractivity contribution >= 4 is 55.6 Å². The van der Waals surface area contributed by atoms with Gasteiger partial charge in [-0.3, -0.25) is 19.4 Å².